The van der Waals surface area contributed by atoms with Gasteiger partial charge in [-0.3, -0.25) is 14.9 Å². The van der Waals surface area contributed by atoms with Crippen LogP contribution in [0.1, 0.15) is 18.7 Å². The number of carboxylic acid groups (broad SMARTS) is 1. The van der Waals surface area contributed by atoms with E-state index in [0.717, 1.165) is 4.88 Å². The number of carboxylic acids is 1. The van der Waals surface area contributed by atoms with Gasteiger partial charge in [-0.05, 0) is 25.3 Å². The van der Waals surface area contributed by atoms with Gasteiger partial charge in [0.2, 0.25) is 5.91 Å². The largest absolute Gasteiger partial charge is 0.480 e. The maximum Gasteiger partial charge on any atom is 0.323 e. The third-order valence-corrected chi connectivity index (χ3v) is 3.14. The normalized spacial score (nSPS) is 11.2. The summed E-state index contributed by atoms with van der Waals surface area (Å²) in [4.78, 5) is 23.3. The molecule has 0 aliphatic carbocycles. The molecule has 0 bridgehead atoms. The summed E-state index contributed by atoms with van der Waals surface area (Å²) in [5.41, 5.74) is -1.10. The number of aliphatic carboxylic acids is 1. The van der Waals surface area contributed by atoms with Crippen molar-refractivity contribution in [3.05, 3.63) is 22.4 Å². The quantitative estimate of drug-likeness (QED) is 0.704. The molecule has 0 fully saturated rings. The molecule has 1 aromatic heterocycles. The Labute approximate surface area is 104 Å². The summed E-state index contributed by atoms with van der Waals surface area (Å²) in [7, 11) is 0. The van der Waals surface area contributed by atoms with Crippen molar-refractivity contribution in [2.75, 3.05) is 6.54 Å². The van der Waals surface area contributed by atoms with Crippen LogP contribution in [0.2, 0.25) is 0 Å². The highest BCUT2D eigenvalue weighted by atomic mass is 32.1. The van der Waals surface area contributed by atoms with Crippen LogP contribution in [0.4, 0.5) is 0 Å². The van der Waals surface area contributed by atoms with E-state index < -0.39 is 11.5 Å². The van der Waals surface area contributed by atoms with Gasteiger partial charge in [-0.1, -0.05) is 6.07 Å². The third kappa shape index (κ3) is 4.54. The van der Waals surface area contributed by atoms with Crippen molar-refractivity contribution >= 4 is 23.2 Å². The summed E-state index contributed by atoms with van der Waals surface area (Å²) in [6, 6.07) is 3.84. The van der Waals surface area contributed by atoms with Crippen molar-refractivity contribution in [1.29, 1.82) is 0 Å². The van der Waals surface area contributed by atoms with E-state index >= 15 is 0 Å². The smallest absolute Gasteiger partial charge is 0.323 e. The Hall–Kier alpha value is -1.40. The lowest BCUT2D eigenvalue weighted by Crippen LogP contribution is -2.50. The summed E-state index contributed by atoms with van der Waals surface area (Å²) in [5, 5.41) is 16.2. The summed E-state index contributed by atoms with van der Waals surface area (Å²) >= 11 is 1.56. The molecular weight excluding hydrogens is 240 g/mol. The summed E-state index contributed by atoms with van der Waals surface area (Å²) < 4.78 is 0. The van der Waals surface area contributed by atoms with Crippen LogP contribution in [0, 0.1) is 0 Å². The Morgan fingerprint density at radius 3 is 2.71 bits per heavy atom. The molecule has 0 unspecified atom stereocenters. The molecule has 0 saturated carbocycles. The molecule has 0 aliphatic heterocycles. The van der Waals surface area contributed by atoms with Gasteiger partial charge in [-0.25, -0.2) is 0 Å². The van der Waals surface area contributed by atoms with E-state index in [1.807, 2.05) is 17.5 Å². The molecular formula is C11H16N2O3S. The van der Waals surface area contributed by atoms with Crippen LogP contribution in [-0.4, -0.2) is 29.1 Å². The number of hydrogen-bond acceptors (Lipinski definition) is 4. The molecule has 6 heteroatoms. The predicted molar refractivity (Wildman–Crippen MR) is 65.9 cm³/mol. The summed E-state index contributed by atoms with van der Waals surface area (Å²) in [5.74, 6) is -1.20. The van der Waals surface area contributed by atoms with Gasteiger partial charge in [0.15, 0.2) is 0 Å². The SMILES string of the molecule is CC(C)(NCC(=O)NCc1cccs1)C(=O)O. The number of carbonyl (C=O) groups is 2. The van der Waals surface area contributed by atoms with Crippen LogP contribution in [0.15, 0.2) is 17.5 Å². The molecule has 3 N–H and O–H groups in total. The van der Waals surface area contributed by atoms with Crippen molar-refractivity contribution in [2.45, 2.75) is 25.9 Å². The fourth-order valence-corrected chi connectivity index (χ4v) is 1.68. The minimum atomic E-state index is -1.10. The maximum atomic E-state index is 11.4. The predicted octanol–water partition coefficient (Wildman–Crippen LogP) is 0.817. The molecule has 1 heterocycles. The van der Waals surface area contributed by atoms with E-state index in [0.29, 0.717) is 6.54 Å². The fourth-order valence-electron chi connectivity index (χ4n) is 1.04. The van der Waals surface area contributed by atoms with Gasteiger partial charge in [0.1, 0.15) is 5.54 Å². The number of carbonyl (C=O) groups excluding carboxylic acids is 1. The second-order valence-electron chi connectivity index (χ2n) is 4.14. The molecule has 5 nitrogen and oxygen atoms in total. The molecule has 0 aromatic carbocycles. The average Bonchev–Trinajstić information content (AvgIpc) is 2.76. The van der Waals surface area contributed by atoms with Gasteiger partial charge in [-0.2, -0.15) is 0 Å². The molecule has 1 amide bonds. The second-order valence-corrected chi connectivity index (χ2v) is 5.17. The minimum absolute atomic E-state index is 0.00925. The topological polar surface area (TPSA) is 78.4 Å². The number of nitrogens with one attached hydrogen (secondary N) is 2. The molecule has 0 aliphatic rings. The van der Waals surface area contributed by atoms with Crippen molar-refractivity contribution in [1.82, 2.24) is 10.6 Å². The molecule has 0 saturated heterocycles. The standard InChI is InChI=1S/C11H16N2O3S/c1-11(2,10(15)16)13-7-9(14)12-6-8-4-3-5-17-8/h3-5,13H,6-7H2,1-2H3,(H,12,14)(H,15,16). The Morgan fingerprint density at radius 1 is 1.47 bits per heavy atom. The minimum Gasteiger partial charge on any atom is -0.480 e. The van der Waals surface area contributed by atoms with Crippen molar-refractivity contribution in [3.8, 4) is 0 Å². The molecule has 0 atom stereocenters. The van der Waals surface area contributed by atoms with Gasteiger partial charge in [0, 0.05) is 4.88 Å². The van der Waals surface area contributed by atoms with Crippen LogP contribution in [-0.2, 0) is 16.1 Å². The first-order chi connectivity index (χ1) is 7.92. The molecule has 94 valence electrons. The molecule has 0 spiro atoms. The van der Waals surface area contributed by atoms with Crippen LogP contribution in [0.3, 0.4) is 0 Å². The zero-order chi connectivity index (χ0) is 12.9. The monoisotopic (exact) mass is 256 g/mol. The highest BCUT2D eigenvalue weighted by Gasteiger charge is 2.26. The summed E-state index contributed by atoms with van der Waals surface area (Å²) in [6.45, 7) is 3.50. The fraction of sp³-hybridized carbons (Fsp3) is 0.455. The zero-order valence-electron chi connectivity index (χ0n) is 9.82. The first-order valence-corrected chi connectivity index (χ1v) is 6.07. The van der Waals surface area contributed by atoms with Gasteiger partial charge in [0.05, 0.1) is 13.1 Å². The Balaban J connectivity index is 2.28. The van der Waals surface area contributed by atoms with Crippen LogP contribution in [0.25, 0.3) is 0 Å². The third-order valence-electron chi connectivity index (χ3n) is 2.27. The van der Waals surface area contributed by atoms with E-state index in [9.17, 15) is 9.59 Å². The van der Waals surface area contributed by atoms with Crippen LogP contribution < -0.4 is 10.6 Å². The van der Waals surface area contributed by atoms with E-state index in [2.05, 4.69) is 10.6 Å². The molecule has 1 aromatic rings. The summed E-state index contributed by atoms with van der Waals surface area (Å²) in [6.07, 6.45) is 0. The molecule has 0 radical (unpaired) electrons. The number of hydrogen-bond donors (Lipinski definition) is 3. The van der Waals surface area contributed by atoms with E-state index in [1.54, 1.807) is 11.3 Å². The van der Waals surface area contributed by atoms with Crippen LogP contribution >= 0.6 is 11.3 Å². The van der Waals surface area contributed by atoms with E-state index in [4.69, 9.17) is 5.11 Å². The Morgan fingerprint density at radius 2 is 2.18 bits per heavy atom. The van der Waals surface area contributed by atoms with Crippen molar-refractivity contribution < 1.29 is 14.7 Å². The zero-order valence-corrected chi connectivity index (χ0v) is 10.6. The first-order valence-electron chi connectivity index (χ1n) is 5.19. The lowest BCUT2D eigenvalue weighted by Gasteiger charge is -2.20. The molecule has 17 heavy (non-hydrogen) atoms. The average molecular weight is 256 g/mol. The van der Waals surface area contributed by atoms with E-state index in [1.165, 1.54) is 13.8 Å². The maximum absolute atomic E-state index is 11.4. The first kappa shape index (κ1) is 13.7. The number of thiophene rings is 1. The van der Waals surface area contributed by atoms with Gasteiger partial charge in [-0.15, -0.1) is 11.3 Å². The van der Waals surface area contributed by atoms with Gasteiger partial charge < -0.3 is 10.4 Å². The van der Waals surface area contributed by atoms with Crippen molar-refractivity contribution in [2.24, 2.45) is 0 Å². The lowest BCUT2D eigenvalue weighted by molar-refractivity contribution is -0.143. The lowest BCUT2D eigenvalue weighted by atomic mass is 10.1. The van der Waals surface area contributed by atoms with E-state index in [-0.39, 0.29) is 12.5 Å². The highest BCUT2D eigenvalue weighted by Crippen LogP contribution is 2.07. The Bertz CT molecular complexity index is 387. The van der Waals surface area contributed by atoms with Crippen LogP contribution in [0.5, 0.6) is 0 Å². The second kappa shape index (κ2) is 5.79. The Kier molecular flexibility index (Phi) is 4.65. The van der Waals surface area contributed by atoms with Crippen molar-refractivity contribution in [3.63, 3.8) is 0 Å². The number of amides is 1. The highest BCUT2D eigenvalue weighted by molar-refractivity contribution is 7.09. The molecule has 1 rings (SSSR count). The van der Waals surface area contributed by atoms with Gasteiger partial charge >= 0.3 is 5.97 Å². The number of rotatable bonds is 6. The van der Waals surface area contributed by atoms with Gasteiger partial charge in [0.25, 0.3) is 0 Å².